The molecule has 28 heavy (non-hydrogen) atoms. The van der Waals surface area contributed by atoms with Crippen LogP contribution in [0.5, 0.6) is 17.2 Å². The van der Waals surface area contributed by atoms with Gasteiger partial charge in [0.2, 0.25) is 0 Å². The minimum absolute atomic E-state index is 0.166. The summed E-state index contributed by atoms with van der Waals surface area (Å²) in [6, 6.07) is 12.4. The Bertz CT molecular complexity index is 796. The summed E-state index contributed by atoms with van der Waals surface area (Å²) in [5, 5.41) is 4.52. The molecule has 0 aliphatic heterocycles. The lowest BCUT2D eigenvalue weighted by atomic mass is 10.2. The van der Waals surface area contributed by atoms with Crippen LogP contribution < -0.4 is 19.6 Å². The van der Waals surface area contributed by atoms with Gasteiger partial charge in [-0.1, -0.05) is 31.5 Å². The van der Waals surface area contributed by atoms with Gasteiger partial charge in [-0.05, 0) is 43.2 Å². The van der Waals surface area contributed by atoms with Crippen LogP contribution in [-0.4, -0.2) is 31.9 Å². The Balaban J connectivity index is 1.92. The Hall–Kier alpha value is -2.73. The zero-order valence-electron chi connectivity index (χ0n) is 16.1. The van der Waals surface area contributed by atoms with Gasteiger partial charge >= 0.3 is 0 Å². The molecule has 150 valence electrons. The van der Waals surface area contributed by atoms with Crippen molar-refractivity contribution in [2.75, 3.05) is 19.8 Å². The quantitative estimate of drug-likeness (QED) is 0.444. The van der Waals surface area contributed by atoms with Gasteiger partial charge in [-0.2, -0.15) is 5.10 Å². The van der Waals surface area contributed by atoms with Crippen LogP contribution in [-0.2, 0) is 4.79 Å². The van der Waals surface area contributed by atoms with Gasteiger partial charge in [0.1, 0.15) is 17.2 Å². The molecule has 0 saturated heterocycles. The molecule has 0 radical (unpaired) electrons. The molecule has 1 amide bonds. The molecule has 0 spiro atoms. The van der Waals surface area contributed by atoms with Gasteiger partial charge in [-0.3, -0.25) is 4.79 Å². The van der Waals surface area contributed by atoms with Gasteiger partial charge in [-0.25, -0.2) is 5.43 Å². The molecule has 2 rings (SSSR count). The Morgan fingerprint density at radius 1 is 1.04 bits per heavy atom. The summed E-state index contributed by atoms with van der Waals surface area (Å²) >= 11 is 5.88. The van der Waals surface area contributed by atoms with E-state index >= 15 is 0 Å². The Morgan fingerprint density at radius 3 is 2.54 bits per heavy atom. The third-order valence-corrected chi connectivity index (χ3v) is 3.71. The molecular formula is C21H25ClN2O4. The van der Waals surface area contributed by atoms with Gasteiger partial charge in [0, 0.05) is 16.7 Å². The maximum Gasteiger partial charge on any atom is 0.277 e. The summed E-state index contributed by atoms with van der Waals surface area (Å²) in [4.78, 5) is 11.9. The first-order chi connectivity index (χ1) is 13.6. The summed E-state index contributed by atoms with van der Waals surface area (Å²) in [5.74, 6) is 1.53. The summed E-state index contributed by atoms with van der Waals surface area (Å²) in [7, 11) is 0. The molecule has 2 aromatic carbocycles. The first kappa shape index (κ1) is 21.6. The van der Waals surface area contributed by atoms with Crippen molar-refractivity contribution in [3.63, 3.8) is 0 Å². The van der Waals surface area contributed by atoms with Crippen LogP contribution in [0.2, 0.25) is 5.02 Å². The predicted molar refractivity (Wildman–Crippen MR) is 111 cm³/mol. The first-order valence-electron chi connectivity index (χ1n) is 9.22. The van der Waals surface area contributed by atoms with E-state index < -0.39 is 0 Å². The number of halogens is 1. The van der Waals surface area contributed by atoms with Crippen molar-refractivity contribution in [2.24, 2.45) is 5.10 Å². The second-order valence-corrected chi connectivity index (χ2v) is 6.37. The Labute approximate surface area is 170 Å². The number of carbonyl (C=O) groups excluding carboxylic acids is 1. The van der Waals surface area contributed by atoms with Crippen LogP contribution in [0.15, 0.2) is 47.6 Å². The maximum atomic E-state index is 11.9. The molecule has 2 aromatic rings. The zero-order chi connectivity index (χ0) is 20.2. The van der Waals surface area contributed by atoms with Crippen LogP contribution in [0.3, 0.4) is 0 Å². The second-order valence-electron chi connectivity index (χ2n) is 5.94. The Morgan fingerprint density at radius 2 is 1.79 bits per heavy atom. The number of hydrogen-bond donors (Lipinski definition) is 1. The third kappa shape index (κ3) is 7.48. The van der Waals surface area contributed by atoms with Gasteiger partial charge in [0.15, 0.2) is 6.61 Å². The fraction of sp³-hybridized carbons (Fsp3) is 0.333. The van der Waals surface area contributed by atoms with E-state index in [2.05, 4.69) is 10.5 Å². The van der Waals surface area contributed by atoms with Crippen molar-refractivity contribution in [3.8, 4) is 17.2 Å². The van der Waals surface area contributed by atoms with E-state index in [4.69, 9.17) is 25.8 Å². The highest BCUT2D eigenvalue weighted by Gasteiger charge is 2.06. The van der Waals surface area contributed by atoms with Crippen molar-refractivity contribution in [2.45, 2.75) is 26.7 Å². The molecule has 0 saturated carbocycles. The highest BCUT2D eigenvalue weighted by Crippen LogP contribution is 2.24. The van der Waals surface area contributed by atoms with E-state index in [0.717, 1.165) is 24.2 Å². The third-order valence-electron chi connectivity index (χ3n) is 3.48. The predicted octanol–water partition coefficient (Wildman–Crippen LogP) is 4.45. The molecular weight excluding hydrogens is 380 g/mol. The summed E-state index contributed by atoms with van der Waals surface area (Å²) in [6.07, 6.45) is 3.34. The lowest BCUT2D eigenvalue weighted by molar-refractivity contribution is -0.123. The molecule has 0 aromatic heterocycles. The number of nitrogens with one attached hydrogen (secondary N) is 1. The highest BCUT2D eigenvalue weighted by atomic mass is 35.5. The number of ether oxygens (including phenoxy) is 3. The zero-order valence-corrected chi connectivity index (χ0v) is 16.9. The molecule has 6 nitrogen and oxygen atoms in total. The number of hydrazone groups is 1. The molecule has 0 aliphatic rings. The molecule has 0 atom stereocenters. The minimum atomic E-state index is -0.379. The normalized spacial score (nSPS) is 10.7. The lowest BCUT2D eigenvalue weighted by Gasteiger charge is -2.11. The van der Waals surface area contributed by atoms with E-state index in [9.17, 15) is 4.79 Å². The van der Waals surface area contributed by atoms with Crippen molar-refractivity contribution in [1.29, 1.82) is 0 Å². The van der Waals surface area contributed by atoms with Gasteiger partial charge in [0.05, 0.1) is 19.4 Å². The molecule has 1 N–H and O–H groups in total. The van der Waals surface area contributed by atoms with Gasteiger partial charge < -0.3 is 14.2 Å². The lowest BCUT2D eigenvalue weighted by Crippen LogP contribution is -2.24. The fourth-order valence-corrected chi connectivity index (χ4v) is 2.36. The number of hydrogen-bond acceptors (Lipinski definition) is 5. The summed E-state index contributed by atoms with van der Waals surface area (Å²) in [5.41, 5.74) is 3.18. The molecule has 0 heterocycles. The van der Waals surface area contributed by atoms with Crippen molar-refractivity contribution in [1.82, 2.24) is 5.43 Å². The number of benzene rings is 2. The van der Waals surface area contributed by atoms with E-state index in [0.29, 0.717) is 29.7 Å². The monoisotopic (exact) mass is 404 g/mol. The van der Waals surface area contributed by atoms with Crippen molar-refractivity contribution in [3.05, 3.63) is 53.1 Å². The highest BCUT2D eigenvalue weighted by molar-refractivity contribution is 6.30. The van der Waals surface area contributed by atoms with E-state index in [1.807, 2.05) is 32.0 Å². The number of nitrogens with zero attached hydrogens (tertiary/aromatic N) is 1. The van der Waals surface area contributed by atoms with Crippen LogP contribution in [0.1, 0.15) is 32.3 Å². The van der Waals surface area contributed by atoms with Crippen LogP contribution in [0.4, 0.5) is 0 Å². The second kappa shape index (κ2) is 11.9. The smallest absolute Gasteiger partial charge is 0.277 e. The van der Waals surface area contributed by atoms with Crippen LogP contribution >= 0.6 is 11.6 Å². The molecule has 0 unspecified atom stereocenters. The standard InChI is InChI=1S/C21H25ClN2O4/c1-3-10-26-19-9-8-16(20(13-19)27-11-4-2)14-23-24-21(25)15-28-18-7-5-6-17(22)12-18/h5-9,12-14H,3-4,10-11,15H2,1-2H3,(H,24,25)/b23-14-. The fourth-order valence-electron chi connectivity index (χ4n) is 2.18. The first-order valence-corrected chi connectivity index (χ1v) is 9.60. The van der Waals surface area contributed by atoms with Crippen molar-refractivity contribution < 1.29 is 19.0 Å². The van der Waals surface area contributed by atoms with E-state index in [1.165, 1.54) is 6.21 Å². The topological polar surface area (TPSA) is 69.2 Å². The van der Waals surface area contributed by atoms with Crippen LogP contribution in [0, 0.1) is 0 Å². The summed E-state index contributed by atoms with van der Waals surface area (Å²) in [6.45, 7) is 5.14. The average Bonchev–Trinajstić information content (AvgIpc) is 2.70. The Kier molecular flexibility index (Phi) is 9.15. The average molecular weight is 405 g/mol. The number of amides is 1. The minimum Gasteiger partial charge on any atom is -0.493 e. The van der Waals surface area contributed by atoms with E-state index in [1.54, 1.807) is 24.3 Å². The molecule has 0 fully saturated rings. The van der Waals surface area contributed by atoms with E-state index in [-0.39, 0.29) is 12.5 Å². The maximum absolute atomic E-state index is 11.9. The van der Waals surface area contributed by atoms with Crippen LogP contribution in [0.25, 0.3) is 0 Å². The number of carbonyl (C=O) groups is 1. The molecule has 7 heteroatoms. The van der Waals surface area contributed by atoms with Gasteiger partial charge in [0.25, 0.3) is 5.91 Å². The molecule has 0 bridgehead atoms. The largest absolute Gasteiger partial charge is 0.493 e. The van der Waals surface area contributed by atoms with Crippen molar-refractivity contribution >= 4 is 23.7 Å². The SMILES string of the molecule is CCCOc1ccc(/C=N\NC(=O)COc2cccc(Cl)c2)c(OCCC)c1. The van der Waals surface area contributed by atoms with Gasteiger partial charge in [-0.15, -0.1) is 0 Å². The number of rotatable bonds is 11. The summed E-state index contributed by atoms with van der Waals surface area (Å²) < 4.78 is 16.8. The molecule has 0 aliphatic carbocycles.